The standard InChI is InChI=1S/C23H33N3O3S/c1-6-26(7-2)30(28,29)22-16-20(14-13-18(22)3)23(27)24-17-21(25(4)5)15-19-11-9-8-10-12-19/h8-14,16,21H,6-7,15,17H2,1-5H3,(H,24,27). The van der Waals surface area contributed by atoms with Crippen LogP contribution in [0.1, 0.15) is 35.3 Å². The third-order valence-corrected chi connectivity index (χ3v) is 7.51. The molecule has 0 fully saturated rings. The molecule has 0 heterocycles. The molecule has 0 aliphatic carbocycles. The first-order valence-electron chi connectivity index (χ1n) is 10.3. The molecule has 0 radical (unpaired) electrons. The van der Waals surface area contributed by atoms with Crippen LogP contribution in [0, 0.1) is 6.92 Å². The summed E-state index contributed by atoms with van der Waals surface area (Å²) in [6.45, 7) is 6.60. The molecule has 2 aromatic carbocycles. The fourth-order valence-electron chi connectivity index (χ4n) is 3.36. The van der Waals surface area contributed by atoms with E-state index < -0.39 is 10.0 Å². The molecule has 0 aliphatic rings. The number of sulfonamides is 1. The number of nitrogens with zero attached hydrogens (tertiary/aromatic N) is 2. The molecule has 2 rings (SSSR count). The van der Waals surface area contributed by atoms with E-state index in [1.807, 2.05) is 32.3 Å². The lowest BCUT2D eigenvalue weighted by molar-refractivity contribution is 0.0941. The Morgan fingerprint density at radius 1 is 1.03 bits per heavy atom. The third-order valence-electron chi connectivity index (χ3n) is 5.32. The number of amides is 1. The van der Waals surface area contributed by atoms with Gasteiger partial charge in [0.25, 0.3) is 5.91 Å². The number of rotatable bonds is 10. The molecular formula is C23H33N3O3S. The number of hydrogen-bond acceptors (Lipinski definition) is 4. The molecule has 1 amide bonds. The van der Waals surface area contributed by atoms with E-state index >= 15 is 0 Å². The van der Waals surface area contributed by atoms with Crippen molar-refractivity contribution in [2.45, 2.75) is 38.1 Å². The summed E-state index contributed by atoms with van der Waals surface area (Å²) in [6.07, 6.45) is 0.809. The van der Waals surface area contributed by atoms with Gasteiger partial charge in [0.1, 0.15) is 0 Å². The first kappa shape index (κ1) is 24.1. The van der Waals surface area contributed by atoms with Gasteiger partial charge < -0.3 is 10.2 Å². The molecule has 0 spiro atoms. The van der Waals surface area contributed by atoms with Crippen LogP contribution in [-0.2, 0) is 16.4 Å². The molecular weight excluding hydrogens is 398 g/mol. The highest BCUT2D eigenvalue weighted by Crippen LogP contribution is 2.21. The SMILES string of the molecule is CCN(CC)S(=O)(=O)c1cc(C(=O)NCC(Cc2ccccc2)N(C)C)ccc1C. The highest BCUT2D eigenvalue weighted by Gasteiger charge is 2.25. The molecule has 1 unspecified atom stereocenters. The van der Waals surface area contributed by atoms with Crippen LogP contribution in [-0.4, -0.2) is 63.3 Å². The maximum absolute atomic E-state index is 12.9. The zero-order chi connectivity index (χ0) is 22.3. The number of likely N-dealkylation sites (N-methyl/N-ethyl adjacent to an activating group) is 1. The Kier molecular flexibility index (Phi) is 8.58. The van der Waals surface area contributed by atoms with Gasteiger partial charge >= 0.3 is 0 Å². The topological polar surface area (TPSA) is 69.7 Å². The van der Waals surface area contributed by atoms with Crippen molar-refractivity contribution in [3.63, 3.8) is 0 Å². The Morgan fingerprint density at radius 2 is 1.67 bits per heavy atom. The largest absolute Gasteiger partial charge is 0.350 e. The molecule has 0 aliphatic heterocycles. The summed E-state index contributed by atoms with van der Waals surface area (Å²) < 4.78 is 27.3. The minimum atomic E-state index is -3.63. The van der Waals surface area contributed by atoms with Crippen LogP contribution in [0.4, 0.5) is 0 Å². The minimum absolute atomic E-state index is 0.126. The Hall–Kier alpha value is -2.22. The lowest BCUT2D eigenvalue weighted by Gasteiger charge is -2.25. The molecule has 6 nitrogen and oxygen atoms in total. The van der Waals surface area contributed by atoms with Gasteiger partial charge in [-0.05, 0) is 50.7 Å². The second-order valence-electron chi connectivity index (χ2n) is 7.59. The van der Waals surface area contributed by atoms with Gasteiger partial charge in [-0.2, -0.15) is 4.31 Å². The van der Waals surface area contributed by atoms with Crippen molar-refractivity contribution in [1.29, 1.82) is 0 Å². The zero-order valence-electron chi connectivity index (χ0n) is 18.6. The highest BCUT2D eigenvalue weighted by molar-refractivity contribution is 7.89. The van der Waals surface area contributed by atoms with E-state index in [-0.39, 0.29) is 16.8 Å². The first-order chi connectivity index (χ1) is 14.2. The zero-order valence-corrected chi connectivity index (χ0v) is 19.4. The van der Waals surface area contributed by atoms with Crippen molar-refractivity contribution in [3.05, 3.63) is 65.2 Å². The first-order valence-corrected chi connectivity index (χ1v) is 11.7. The molecule has 0 saturated heterocycles. The average molecular weight is 432 g/mol. The maximum atomic E-state index is 12.9. The summed E-state index contributed by atoms with van der Waals surface area (Å²) >= 11 is 0. The van der Waals surface area contributed by atoms with E-state index in [1.54, 1.807) is 32.9 Å². The van der Waals surface area contributed by atoms with Crippen LogP contribution in [0.5, 0.6) is 0 Å². The predicted octanol–water partition coefficient (Wildman–Crippen LogP) is 2.93. The van der Waals surface area contributed by atoms with E-state index in [0.717, 1.165) is 6.42 Å². The number of carbonyl (C=O) groups excluding carboxylic acids is 1. The van der Waals surface area contributed by atoms with Crippen LogP contribution in [0.3, 0.4) is 0 Å². The maximum Gasteiger partial charge on any atom is 0.251 e. The molecule has 7 heteroatoms. The summed E-state index contributed by atoms with van der Waals surface area (Å²) in [6, 6.07) is 15.1. The van der Waals surface area contributed by atoms with Crippen LogP contribution in [0.2, 0.25) is 0 Å². The lowest BCUT2D eigenvalue weighted by Crippen LogP contribution is -2.41. The average Bonchev–Trinajstić information content (AvgIpc) is 2.72. The van der Waals surface area contributed by atoms with Crippen LogP contribution >= 0.6 is 0 Å². The summed E-state index contributed by atoms with van der Waals surface area (Å²) in [5, 5.41) is 2.97. The number of nitrogens with one attached hydrogen (secondary N) is 1. The van der Waals surface area contributed by atoms with Crippen molar-refractivity contribution >= 4 is 15.9 Å². The van der Waals surface area contributed by atoms with Gasteiger partial charge in [-0.15, -0.1) is 0 Å². The van der Waals surface area contributed by atoms with Gasteiger partial charge in [0, 0.05) is 31.2 Å². The van der Waals surface area contributed by atoms with Gasteiger partial charge in [0.2, 0.25) is 10.0 Å². The third kappa shape index (κ3) is 5.90. The van der Waals surface area contributed by atoms with Crippen molar-refractivity contribution in [3.8, 4) is 0 Å². The second-order valence-corrected chi connectivity index (χ2v) is 9.49. The molecule has 1 atom stereocenters. The Morgan fingerprint density at radius 3 is 2.23 bits per heavy atom. The minimum Gasteiger partial charge on any atom is -0.350 e. The fraction of sp³-hybridized carbons (Fsp3) is 0.435. The smallest absolute Gasteiger partial charge is 0.251 e. The van der Waals surface area contributed by atoms with E-state index in [1.165, 1.54) is 15.9 Å². The molecule has 0 saturated carbocycles. The Bertz CT molecular complexity index is 939. The van der Waals surface area contributed by atoms with E-state index in [0.29, 0.717) is 30.8 Å². The quantitative estimate of drug-likeness (QED) is 0.628. The van der Waals surface area contributed by atoms with Crippen LogP contribution in [0.25, 0.3) is 0 Å². The second kappa shape index (κ2) is 10.7. The summed E-state index contributed by atoms with van der Waals surface area (Å²) in [5.74, 6) is -0.272. The van der Waals surface area contributed by atoms with Gasteiger partial charge in [-0.1, -0.05) is 50.2 Å². The molecule has 164 valence electrons. The van der Waals surface area contributed by atoms with Crippen molar-refractivity contribution in [2.24, 2.45) is 0 Å². The van der Waals surface area contributed by atoms with Crippen molar-refractivity contribution in [2.75, 3.05) is 33.7 Å². The fourth-order valence-corrected chi connectivity index (χ4v) is 5.07. The van der Waals surface area contributed by atoms with Gasteiger partial charge in [-0.3, -0.25) is 4.79 Å². The van der Waals surface area contributed by atoms with E-state index in [2.05, 4.69) is 22.3 Å². The van der Waals surface area contributed by atoms with Gasteiger partial charge in [0.05, 0.1) is 4.90 Å². The highest BCUT2D eigenvalue weighted by atomic mass is 32.2. The molecule has 30 heavy (non-hydrogen) atoms. The summed E-state index contributed by atoms with van der Waals surface area (Å²) in [7, 11) is 0.345. The summed E-state index contributed by atoms with van der Waals surface area (Å²) in [5.41, 5.74) is 2.19. The number of benzene rings is 2. The summed E-state index contributed by atoms with van der Waals surface area (Å²) in [4.78, 5) is 15.1. The number of aryl methyl sites for hydroxylation is 1. The lowest BCUT2D eigenvalue weighted by atomic mass is 10.0. The number of hydrogen-bond donors (Lipinski definition) is 1. The van der Waals surface area contributed by atoms with E-state index in [9.17, 15) is 13.2 Å². The molecule has 0 aromatic heterocycles. The van der Waals surface area contributed by atoms with Crippen molar-refractivity contribution < 1.29 is 13.2 Å². The van der Waals surface area contributed by atoms with Crippen LogP contribution < -0.4 is 5.32 Å². The monoisotopic (exact) mass is 431 g/mol. The Labute approximate surface area is 180 Å². The van der Waals surface area contributed by atoms with Crippen molar-refractivity contribution in [1.82, 2.24) is 14.5 Å². The Balaban J connectivity index is 2.17. The number of carbonyl (C=O) groups is 1. The van der Waals surface area contributed by atoms with Crippen LogP contribution in [0.15, 0.2) is 53.4 Å². The van der Waals surface area contributed by atoms with Gasteiger partial charge in [-0.25, -0.2) is 8.42 Å². The molecule has 2 aromatic rings. The molecule has 0 bridgehead atoms. The van der Waals surface area contributed by atoms with E-state index in [4.69, 9.17) is 0 Å². The molecule has 1 N–H and O–H groups in total. The predicted molar refractivity (Wildman–Crippen MR) is 121 cm³/mol. The van der Waals surface area contributed by atoms with Gasteiger partial charge in [0.15, 0.2) is 0 Å². The normalized spacial score (nSPS) is 12.9.